The molecule has 29 heavy (non-hydrogen) atoms. The summed E-state index contributed by atoms with van der Waals surface area (Å²) in [6.07, 6.45) is 3.77. The maximum absolute atomic E-state index is 12.3. The second kappa shape index (κ2) is 8.45. The smallest absolute Gasteiger partial charge is 0.272 e. The molecule has 0 bridgehead atoms. The number of amides is 1. The molecule has 0 aliphatic heterocycles. The zero-order chi connectivity index (χ0) is 20.2. The van der Waals surface area contributed by atoms with E-state index in [0.717, 1.165) is 27.5 Å². The molecule has 0 saturated carbocycles. The molecule has 5 heteroatoms. The predicted octanol–water partition coefficient (Wildman–Crippen LogP) is 5.52. The fraction of sp³-hybridized carbons (Fsp3) is 0.0833. The highest BCUT2D eigenvalue weighted by atomic mass is 79.9. The molecule has 1 N–H and O–H groups in total. The number of aryl methyl sites for hydroxylation is 1. The third kappa shape index (κ3) is 4.30. The molecule has 1 aromatic heterocycles. The van der Waals surface area contributed by atoms with Crippen molar-refractivity contribution < 1.29 is 4.79 Å². The Balaban J connectivity index is 1.58. The molecular formula is C24H20BrN3O. The summed E-state index contributed by atoms with van der Waals surface area (Å²) in [5.41, 5.74) is 7.74. The first kappa shape index (κ1) is 19.2. The lowest BCUT2D eigenvalue weighted by atomic mass is 10.1. The van der Waals surface area contributed by atoms with E-state index in [1.54, 1.807) is 12.3 Å². The number of hydrazone groups is 1. The van der Waals surface area contributed by atoms with Crippen molar-refractivity contribution in [3.63, 3.8) is 0 Å². The van der Waals surface area contributed by atoms with Gasteiger partial charge in [-0.15, -0.1) is 0 Å². The van der Waals surface area contributed by atoms with E-state index < -0.39 is 0 Å². The van der Waals surface area contributed by atoms with E-state index >= 15 is 0 Å². The van der Waals surface area contributed by atoms with E-state index in [4.69, 9.17) is 0 Å². The van der Waals surface area contributed by atoms with Crippen molar-refractivity contribution in [3.8, 4) is 0 Å². The van der Waals surface area contributed by atoms with Crippen molar-refractivity contribution in [1.82, 2.24) is 9.99 Å². The summed E-state index contributed by atoms with van der Waals surface area (Å²) in [6.45, 7) is 2.88. The fourth-order valence-electron chi connectivity index (χ4n) is 3.38. The number of aromatic nitrogens is 1. The van der Waals surface area contributed by atoms with Gasteiger partial charge >= 0.3 is 0 Å². The van der Waals surface area contributed by atoms with Gasteiger partial charge in [0, 0.05) is 33.7 Å². The lowest BCUT2D eigenvalue weighted by molar-refractivity contribution is 0.0954. The third-order valence-corrected chi connectivity index (χ3v) is 5.43. The van der Waals surface area contributed by atoms with Gasteiger partial charge in [0.2, 0.25) is 0 Å². The Morgan fingerprint density at radius 2 is 1.86 bits per heavy atom. The van der Waals surface area contributed by atoms with Crippen LogP contribution >= 0.6 is 15.9 Å². The van der Waals surface area contributed by atoms with Crippen LogP contribution < -0.4 is 5.43 Å². The molecule has 0 aliphatic carbocycles. The molecule has 0 saturated heterocycles. The number of halogens is 1. The van der Waals surface area contributed by atoms with Gasteiger partial charge in [-0.05, 0) is 46.6 Å². The Hall–Kier alpha value is -3.18. The zero-order valence-electron chi connectivity index (χ0n) is 16.0. The fourth-order valence-corrected chi connectivity index (χ4v) is 3.85. The quantitative estimate of drug-likeness (QED) is 0.318. The first-order chi connectivity index (χ1) is 14.1. The number of nitrogens with zero attached hydrogens (tertiary/aromatic N) is 2. The van der Waals surface area contributed by atoms with E-state index in [-0.39, 0.29) is 5.91 Å². The van der Waals surface area contributed by atoms with E-state index in [2.05, 4.69) is 80.5 Å². The Morgan fingerprint density at radius 1 is 1.07 bits per heavy atom. The van der Waals surface area contributed by atoms with Gasteiger partial charge in [-0.2, -0.15) is 5.10 Å². The largest absolute Gasteiger partial charge is 0.342 e. The minimum absolute atomic E-state index is 0.253. The average Bonchev–Trinajstić information content (AvgIpc) is 3.06. The molecule has 0 unspecified atom stereocenters. The van der Waals surface area contributed by atoms with Crippen LogP contribution in [0.4, 0.5) is 0 Å². The van der Waals surface area contributed by atoms with Crippen molar-refractivity contribution in [2.75, 3.05) is 0 Å². The van der Waals surface area contributed by atoms with Crippen LogP contribution in [0.2, 0.25) is 0 Å². The van der Waals surface area contributed by atoms with E-state index in [1.807, 2.05) is 30.3 Å². The summed E-state index contributed by atoms with van der Waals surface area (Å²) in [7, 11) is 0. The van der Waals surface area contributed by atoms with Gasteiger partial charge in [-0.3, -0.25) is 4.79 Å². The minimum atomic E-state index is -0.253. The van der Waals surface area contributed by atoms with Gasteiger partial charge in [-0.25, -0.2) is 5.43 Å². The second-order valence-electron chi connectivity index (χ2n) is 6.90. The molecule has 0 atom stereocenters. The molecule has 3 aromatic carbocycles. The molecule has 4 rings (SSSR count). The molecule has 1 amide bonds. The van der Waals surface area contributed by atoms with Gasteiger partial charge in [0.05, 0.1) is 11.8 Å². The number of para-hydroxylation sites is 1. The van der Waals surface area contributed by atoms with E-state index in [0.29, 0.717) is 5.56 Å². The lowest BCUT2D eigenvalue weighted by Gasteiger charge is -2.06. The molecule has 4 aromatic rings. The van der Waals surface area contributed by atoms with Crippen molar-refractivity contribution >= 4 is 39.0 Å². The van der Waals surface area contributed by atoms with Gasteiger partial charge < -0.3 is 4.57 Å². The molecule has 0 aliphatic rings. The predicted molar refractivity (Wildman–Crippen MR) is 121 cm³/mol. The first-order valence-corrected chi connectivity index (χ1v) is 10.1. The Bertz CT molecular complexity index is 1210. The van der Waals surface area contributed by atoms with Crippen molar-refractivity contribution in [2.24, 2.45) is 5.10 Å². The van der Waals surface area contributed by atoms with Gasteiger partial charge in [0.1, 0.15) is 0 Å². The summed E-state index contributed by atoms with van der Waals surface area (Å²) in [6, 6.07) is 24.0. The zero-order valence-corrected chi connectivity index (χ0v) is 17.6. The molecule has 0 spiro atoms. The molecule has 144 valence electrons. The van der Waals surface area contributed by atoms with E-state index in [1.165, 1.54) is 11.1 Å². The average molecular weight is 446 g/mol. The monoisotopic (exact) mass is 445 g/mol. The normalized spacial score (nSPS) is 11.2. The number of nitrogens with one attached hydrogen (secondary N) is 1. The Labute approximate surface area is 178 Å². The number of fused-ring (bicyclic) bond motifs is 1. The van der Waals surface area contributed by atoms with Crippen LogP contribution in [0.25, 0.3) is 10.9 Å². The van der Waals surface area contributed by atoms with Crippen LogP contribution in [0.1, 0.15) is 27.0 Å². The van der Waals surface area contributed by atoms with Crippen LogP contribution in [0.3, 0.4) is 0 Å². The highest BCUT2D eigenvalue weighted by Gasteiger charge is 2.09. The van der Waals surface area contributed by atoms with E-state index in [9.17, 15) is 4.79 Å². The van der Waals surface area contributed by atoms with Crippen LogP contribution in [-0.4, -0.2) is 16.7 Å². The topological polar surface area (TPSA) is 46.4 Å². The van der Waals surface area contributed by atoms with Crippen molar-refractivity contribution in [2.45, 2.75) is 13.5 Å². The van der Waals surface area contributed by atoms with Crippen LogP contribution in [-0.2, 0) is 6.54 Å². The van der Waals surface area contributed by atoms with Crippen LogP contribution in [0.5, 0.6) is 0 Å². The van der Waals surface area contributed by atoms with Crippen LogP contribution in [0, 0.1) is 6.92 Å². The maximum atomic E-state index is 12.3. The number of carbonyl (C=O) groups is 1. The molecule has 1 heterocycles. The number of hydrogen-bond donors (Lipinski definition) is 1. The van der Waals surface area contributed by atoms with Gasteiger partial charge in [-0.1, -0.05) is 60.2 Å². The summed E-state index contributed by atoms with van der Waals surface area (Å²) in [5.74, 6) is -0.253. The van der Waals surface area contributed by atoms with Crippen molar-refractivity contribution in [1.29, 1.82) is 0 Å². The minimum Gasteiger partial charge on any atom is -0.342 e. The van der Waals surface area contributed by atoms with Crippen molar-refractivity contribution in [3.05, 3.63) is 106 Å². The molecular weight excluding hydrogens is 426 g/mol. The number of carbonyl (C=O) groups excluding carboxylic acids is 1. The SMILES string of the molecule is Cc1cccc(Cn2cc(/C=N\NC(=O)c3ccccc3Br)c3ccccc32)c1. The highest BCUT2D eigenvalue weighted by Crippen LogP contribution is 2.21. The standard InChI is InChI=1S/C24H20BrN3O/c1-17-7-6-8-18(13-17)15-28-16-19(20-9-3-5-12-23(20)28)14-26-27-24(29)21-10-2-4-11-22(21)25/h2-14,16H,15H2,1H3,(H,27,29)/b26-14-. The first-order valence-electron chi connectivity index (χ1n) is 9.33. The third-order valence-electron chi connectivity index (χ3n) is 4.74. The Kier molecular flexibility index (Phi) is 5.58. The summed E-state index contributed by atoms with van der Waals surface area (Å²) in [4.78, 5) is 12.3. The second-order valence-corrected chi connectivity index (χ2v) is 7.75. The van der Waals surface area contributed by atoms with Gasteiger partial charge in [0.25, 0.3) is 5.91 Å². The van der Waals surface area contributed by atoms with Crippen LogP contribution in [0.15, 0.2) is 88.6 Å². The summed E-state index contributed by atoms with van der Waals surface area (Å²) < 4.78 is 2.95. The number of rotatable bonds is 5. The number of benzene rings is 3. The maximum Gasteiger partial charge on any atom is 0.272 e. The highest BCUT2D eigenvalue weighted by molar-refractivity contribution is 9.10. The Morgan fingerprint density at radius 3 is 2.69 bits per heavy atom. The lowest BCUT2D eigenvalue weighted by Crippen LogP contribution is -2.18. The molecule has 4 nitrogen and oxygen atoms in total. The summed E-state index contributed by atoms with van der Waals surface area (Å²) >= 11 is 3.39. The molecule has 0 radical (unpaired) electrons. The van der Waals surface area contributed by atoms with Gasteiger partial charge in [0.15, 0.2) is 0 Å². The molecule has 0 fully saturated rings. The summed E-state index contributed by atoms with van der Waals surface area (Å²) in [5, 5.41) is 5.28. The number of hydrogen-bond acceptors (Lipinski definition) is 2.